The Bertz CT molecular complexity index is 474. The number of benzene rings is 2. The third kappa shape index (κ3) is 2.82. The van der Waals surface area contributed by atoms with Gasteiger partial charge in [-0.15, -0.1) is 0 Å². The summed E-state index contributed by atoms with van der Waals surface area (Å²) < 4.78 is 0. The van der Waals surface area contributed by atoms with Crippen LogP contribution in [0.2, 0.25) is 0 Å². The minimum absolute atomic E-state index is 1.03. The van der Waals surface area contributed by atoms with E-state index in [4.69, 9.17) is 5.21 Å². The summed E-state index contributed by atoms with van der Waals surface area (Å²) in [7, 11) is 0. The molecular formula is C15H13NO. The van der Waals surface area contributed by atoms with Crippen molar-refractivity contribution >= 4 is 11.8 Å². The van der Waals surface area contributed by atoms with Crippen molar-refractivity contribution in [2.45, 2.75) is 0 Å². The van der Waals surface area contributed by atoms with Crippen LogP contribution in [0.3, 0.4) is 0 Å². The van der Waals surface area contributed by atoms with Crippen LogP contribution >= 0.6 is 0 Å². The van der Waals surface area contributed by atoms with Crippen molar-refractivity contribution in [3.8, 4) is 0 Å². The molecule has 0 radical (unpaired) electrons. The summed E-state index contributed by atoms with van der Waals surface area (Å²) in [5.41, 5.74) is 3.22. The number of oxime groups is 1. The molecule has 0 heterocycles. The van der Waals surface area contributed by atoms with Crippen molar-refractivity contribution < 1.29 is 5.21 Å². The monoisotopic (exact) mass is 223 g/mol. The van der Waals surface area contributed by atoms with Gasteiger partial charge in [-0.3, -0.25) is 0 Å². The third-order valence-electron chi connectivity index (χ3n) is 2.48. The Morgan fingerprint density at radius 1 is 0.824 bits per heavy atom. The van der Waals surface area contributed by atoms with E-state index in [1.54, 1.807) is 6.08 Å². The molecule has 0 saturated heterocycles. The highest BCUT2D eigenvalue weighted by molar-refractivity contribution is 5.91. The second-order valence-corrected chi connectivity index (χ2v) is 3.58. The highest BCUT2D eigenvalue weighted by Crippen LogP contribution is 2.22. The first-order valence-corrected chi connectivity index (χ1v) is 5.40. The zero-order chi connectivity index (χ0) is 11.9. The van der Waals surface area contributed by atoms with Gasteiger partial charge in [-0.2, -0.15) is 0 Å². The van der Waals surface area contributed by atoms with Crippen LogP contribution in [0.5, 0.6) is 0 Å². The largest absolute Gasteiger partial charge is 0.411 e. The lowest BCUT2D eigenvalue weighted by molar-refractivity contribution is 0.322. The van der Waals surface area contributed by atoms with Gasteiger partial charge in [-0.25, -0.2) is 0 Å². The van der Waals surface area contributed by atoms with Crippen LogP contribution in [0.25, 0.3) is 5.57 Å². The molecule has 17 heavy (non-hydrogen) atoms. The summed E-state index contributed by atoms with van der Waals surface area (Å²) in [5, 5.41) is 11.6. The van der Waals surface area contributed by atoms with E-state index in [0.717, 1.165) is 16.7 Å². The second-order valence-electron chi connectivity index (χ2n) is 3.58. The van der Waals surface area contributed by atoms with E-state index in [1.165, 1.54) is 6.21 Å². The van der Waals surface area contributed by atoms with Gasteiger partial charge >= 0.3 is 0 Å². The fourth-order valence-electron chi connectivity index (χ4n) is 1.70. The standard InChI is InChI=1S/C15H13NO/c17-16-12-11-15(13-7-3-1-4-8-13)14-9-5-2-6-10-14/h1-12,17H/b16-12+. The van der Waals surface area contributed by atoms with E-state index in [-0.39, 0.29) is 0 Å². The molecule has 0 aromatic heterocycles. The van der Waals surface area contributed by atoms with Gasteiger partial charge in [-0.1, -0.05) is 65.8 Å². The van der Waals surface area contributed by atoms with Crippen molar-refractivity contribution in [3.05, 3.63) is 77.9 Å². The summed E-state index contributed by atoms with van der Waals surface area (Å²) in [5.74, 6) is 0. The Kier molecular flexibility index (Phi) is 3.71. The van der Waals surface area contributed by atoms with Gasteiger partial charge in [0.2, 0.25) is 0 Å². The normalized spacial score (nSPS) is 10.4. The molecule has 0 bridgehead atoms. The lowest BCUT2D eigenvalue weighted by atomic mass is 9.98. The summed E-state index contributed by atoms with van der Waals surface area (Å²) >= 11 is 0. The Hall–Kier alpha value is -2.35. The molecule has 0 unspecified atom stereocenters. The van der Waals surface area contributed by atoms with Gasteiger partial charge in [-0.05, 0) is 22.8 Å². The average molecular weight is 223 g/mol. The first kappa shape index (κ1) is 11.1. The van der Waals surface area contributed by atoms with Crippen LogP contribution < -0.4 is 0 Å². The Morgan fingerprint density at radius 2 is 1.29 bits per heavy atom. The lowest BCUT2D eigenvalue weighted by Crippen LogP contribution is -1.88. The van der Waals surface area contributed by atoms with Gasteiger partial charge in [0.1, 0.15) is 0 Å². The molecule has 0 aliphatic carbocycles. The molecule has 1 N–H and O–H groups in total. The van der Waals surface area contributed by atoms with Crippen molar-refractivity contribution in [3.63, 3.8) is 0 Å². The molecule has 2 aromatic rings. The molecule has 0 amide bonds. The highest BCUT2D eigenvalue weighted by Gasteiger charge is 2.02. The SMILES string of the molecule is O/N=C/C=C(c1ccccc1)c1ccccc1. The number of nitrogens with zero attached hydrogens (tertiary/aromatic N) is 1. The molecule has 0 atom stereocenters. The lowest BCUT2D eigenvalue weighted by Gasteiger charge is -2.06. The Labute approximate surface area is 101 Å². The van der Waals surface area contributed by atoms with E-state index in [1.807, 2.05) is 60.7 Å². The summed E-state index contributed by atoms with van der Waals surface area (Å²) in [4.78, 5) is 0. The zero-order valence-corrected chi connectivity index (χ0v) is 9.32. The topological polar surface area (TPSA) is 32.6 Å². The van der Waals surface area contributed by atoms with Gasteiger partial charge < -0.3 is 5.21 Å². The Balaban J connectivity index is 2.47. The van der Waals surface area contributed by atoms with Gasteiger partial charge in [0.25, 0.3) is 0 Å². The molecule has 0 aliphatic rings. The predicted octanol–water partition coefficient (Wildman–Crippen LogP) is 3.58. The maximum absolute atomic E-state index is 8.53. The van der Waals surface area contributed by atoms with E-state index >= 15 is 0 Å². The van der Waals surface area contributed by atoms with Crippen molar-refractivity contribution in [2.24, 2.45) is 5.16 Å². The minimum atomic E-state index is 1.03. The smallest absolute Gasteiger partial charge is 0.0667 e. The quantitative estimate of drug-likeness (QED) is 0.481. The van der Waals surface area contributed by atoms with Gasteiger partial charge in [0.05, 0.1) is 6.21 Å². The molecule has 84 valence electrons. The molecule has 2 aromatic carbocycles. The van der Waals surface area contributed by atoms with Crippen LogP contribution in [0, 0.1) is 0 Å². The molecule has 2 rings (SSSR count). The molecule has 0 spiro atoms. The minimum Gasteiger partial charge on any atom is -0.411 e. The first-order chi connectivity index (χ1) is 8.42. The van der Waals surface area contributed by atoms with E-state index in [9.17, 15) is 0 Å². The Morgan fingerprint density at radius 3 is 1.71 bits per heavy atom. The van der Waals surface area contributed by atoms with Crippen molar-refractivity contribution in [2.75, 3.05) is 0 Å². The fourth-order valence-corrected chi connectivity index (χ4v) is 1.70. The van der Waals surface area contributed by atoms with Gasteiger partial charge in [0.15, 0.2) is 0 Å². The highest BCUT2D eigenvalue weighted by atomic mass is 16.4. The van der Waals surface area contributed by atoms with Crippen LogP contribution in [0.4, 0.5) is 0 Å². The van der Waals surface area contributed by atoms with E-state index < -0.39 is 0 Å². The molecule has 0 fully saturated rings. The van der Waals surface area contributed by atoms with Crippen LogP contribution in [-0.4, -0.2) is 11.4 Å². The maximum atomic E-state index is 8.53. The number of hydrogen-bond donors (Lipinski definition) is 1. The molecule has 2 nitrogen and oxygen atoms in total. The van der Waals surface area contributed by atoms with Crippen molar-refractivity contribution in [1.82, 2.24) is 0 Å². The maximum Gasteiger partial charge on any atom is 0.0667 e. The van der Waals surface area contributed by atoms with Crippen LogP contribution in [0.1, 0.15) is 11.1 Å². The summed E-state index contributed by atoms with van der Waals surface area (Å²) in [6.45, 7) is 0. The number of hydrogen-bond acceptors (Lipinski definition) is 2. The number of rotatable bonds is 3. The predicted molar refractivity (Wildman–Crippen MR) is 70.2 cm³/mol. The number of allylic oxidation sites excluding steroid dienone is 1. The van der Waals surface area contributed by atoms with E-state index in [0.29, 0.717) is 0 Å². The molecule has 2 heteroatoms. The molecule has 0 saturated carbocycles. The fraction of sp³-hybridized carbons (Fsp3) is 0. The van der Waals surface area contributed by atoms with Crippen LogP contribution in [0.15, 0.2) is 71.9 Å². The summed E-state index contributed by atoms with van der Waals surface area (Å²) in [6, 6.07) is 20.0. The average Bonchev–Trinajstić information content (AvgIpc) is 2.42. The third-order valence-corrected chi connectivity index (χ3v) is 2.48. The van der Waals surface area contributed by atoms with Crippen LogP contribution in [-0.2, 0) is 0 Å². The van der Waals surface area contributed by atoms with Gasteiger partial charge in [0, 0.05) is 0 Å². The molecular weight excluding hydrogens is 210 g/mol. The second kappa shape index (κ2) is 5.66. The zero-order valence-electron chi connectivity index (χ0n) is 9.32. The van der Waals surface area contributed by atoms with Crippen molar-refractivity contribution in [1.29, 1.82) is 0 Å². The first-order valence-electron chi connectivity index (χ1n) is 5.40. The summed E-state index contributed by atoms with van der Waals surface area (Å²) in [6.07, 6.45) is 3.18. The molecule has 0 aliphatic heterocycles. The van der Waals surface area contributed by atoms with E-state index in [2.05, 4.69) is 5.16 Å².